The van der Waals surface area contributed by atoms with Gasteiger partial charge >= 0.3 is 0 Å². The van der Waals surface area contributed by atoms with E-state index in [0.717, 1.165) is 83.5 Å². The molecule has 0 amide bonds. The lowest BCUT2D eigenvalue weighted by molar-refractivity contribution is -0.309. The molecule has 0 bridgehead atoms. The van der Waals surface area contributed by atoms with Gasteiger partial charge in [-0.1, -0.05) is 71.8 Å². The van der Waals surface area contributed by atoms with E-state index in [1.165, 1.54) is 5.57 Å². The summed E-state index contributed by atoms with van der Waals surface area (Å²) in [5.41, 5.74) is 0.731. The van der Waals surface area contributed by atoms with Crippen LogP contribution in [0.15, 0.2) is 11.6 Å². The Kier molecular flexibility index (Phi) is 12.8. The second-order valence-corrected chi connectivity index (χ2v) is 14.2. The standard InChI is InChI=1S/C35H58O8/c1-5-7-9-11-19-40-32(38)42-23-29(37)28-16-15-27-26-14-13-24-21-25(36)17-18-34(24,3)31(26)30(22-35(27,28)4)43-33(39)41-20-12-10-8-6-2/h21,26-28,30-33,38-39H,5-20,22-23H2,1-4H3/t26-,27-,28+,30?,31+,32?,33?,34-,35-/m0/s1. The molecule has 0 aromatic carbocycles. The topological polar surface area (TPSA) is 112 Å². The van der Waals surface area contributed by atoms with Crippen molar-refractivity contribution >= 4 is 11.6 Å². The molecule has 4 rings (SSSR count). The maximum absolute atomic E-state index is 13.6. The molecule has 0 saturated heterocycles. The number of unbranched alkanes of at least 4 members (excludes halogenated alkanes) is 6. The van der Waals surface area contributed by atoms with Crippen LogP contribution in [-0.2, 0) is 28.5 Å². The number of aliphatic hydroxyl groups is 2. The van der Waals surface area contributed by atoms with E-state index in [0.29, 0.717) is 37.9 Å². The highest BCUT2D eigenvalue weighted by Crippen LogP contribution is 2.67. The Morgan fingerprint density at radius 2 is 1.58 bits per heavy atom. The van der Waals surface area contributed by atoms with Gasteiger partial charge < -0.3 is 29.2 Å². The average molecular weight is 607 g/mol. The van der Waals surface area contributed by atoms with E-state index in [-0.39, 0.29) is 46.9 Å². The van der Waals surface area contributed by atoms with E-state index in [1.807, 2.05) is 6.08 Å². The van der Waals surface area contributed by atoms with Gasteiger partial charge in [-0.25, -0.2) is 0 Å². The summed E-state index contributed by atoms with van der Waals surface area (Å²) in [6.07, 6.45) is 15.5. The van der Waals surface area contributed by atoms with Crippen molar-refractivity contribution < 1.29 is 38.7 Å². The van der Waals surface area contributed by atoms with Gasteiger partial charge in [0.05, 0.1) is 19.3 Å². The van der Waals surface area contributed by atoms with Gasteiger partial charge in [-0.3, -0.25) is 9.59 Å². The van der Waals surface area contributed by atoms with Gasteiger partial charge in [-0.05, 0) is 86.0 Å². The summed E-state index contributed by atoms with van der Waals surface area (Å²) in [6, 6.07) is 0. The molecule has 2 N–H and O–H groups in total. The molecule has 4 aliphatic carbocycles. The highest BCUT2D eigenvalue weighted by Gasteiger charge is 2.63. The van der Waals surface area contributed by atoms with E-state index >= 15 is 0 Å². The summed E-state index contributed by atoms with van der Waals surface area (Å²) in [5, 5.41) is 21.1. The monoisotopic (exact) mass is 606 g/mol. The lowest BCUT2D eigenvalue weighted by atomic mass is 9.46. The minimum absolute atomic E-state index is 0.00516. The Morgan fingerprint density at radius 1 is 0.907 bits per heavy atom. The fourth-order valence-electron chi connectivity index (χ4n) is 9.22. The lowest BCUT2D eigenvalue weighted by Gasteiger charge is -2.60. The van der Waals surface area contributed by atoms with Crippen LogP contribution in [0.4, 0.5) is 0 Å². The van der Waals surface area contributed by atoms with Crippen LogP contribution >= 0.6 is 0 Å². The molecule has 8 heteroatoms. The first-order chi connectivity index (χ1) is 20.6. The van der Waals surface area contributed by atoms with Crippen molar-refractivity contribution in [3.8, 4) is 0 Å². The lowest BCUT2D eigenvalue weighted by Crippen LogP contribution is -2.58. The number of aliphatic hydroxyl groups excluding tert-OH is 2. The van der Waals surface area contributed by atoms with Crippen molar-refractivity contribution in [1.29, 1.82) is 0 Å². The number of carbonyl (C=O) groups is 2. The van der Waals surface area contributed by atoms with Crippen LogP contribution in [-0.4, -0.2) is 60.7 Å². The van der Waals surface area contributed by atoms with E-state index in [1.54, 1.807) is 0 Å². The molecule has 4 aliphatic rings. The summed E-state index contributed by atoms with van der Waals surface area (Å²) in [4.78, 5) is 26.0. The quantitative estimate of drug-likeness (QED) is 0.135. The Bertz CT molecular complexity index is 950. The minimum Gasteiger partial charge on any atom is -0.346 e. The highest BCUT2D eigenvalue weighted by molar-refractivity contribution is 5.91. The molecule has 3 saturated carbocycles. The van der Waals surface area contributed by atoms with Gasteiger partial charge in [-0.15, -0.1) is 0 Å². The summed E-state index contributed by atoms with van der Waals surface area (Å²) in [5.74, 6) is 0.796. The molecule has 0 spiro atoms. The van der Waals surface area contributed by atoms with E-state index < -0.39 is 13.0 Å². The summed E-state index contributed by atoms with van der Waals surface area (Å²) in [7, 11) is 0. The van der Waals surface area contributed by atoms with E-state index in [4.69, 9.17) is 18.9 Å². The number of ether oxygens (including phenoxy) is 4. The predicted octanol–water partition coefficient (Wildman–Crippen LogP) is 6.46. The molecule has 9 atom stereocenters. The number of rotatable bonds is 18. The smallest absolute Gasteiger partial charge is 0.269 e. The van der Waals surface area contributed by atoms with Gasteiger partial charge in [0, 0.05) is 12.3 Å². The van der Waals surface area contributed by atoms with Gasteiger partial charge in [0.25, 0.3) is 13.0 Å². The Balaban J connectivity index is 1.46. The predicted molar refractivity (Wildman–Crippen MR) is 164 cm³/mol. The molecule has 8 nitrogen and oxygen atoms in total. The molecule has 0 aliphatic heterocycles. The normalized spacial score (nSPS) is 35.1. The second-order valence-electron chi connectivity index (χ2n) is 14.2. The first kappa shape index (κ1) is 34.7. The molecule has 0 radical (unpaired) electrons. The maximum Gasteiger partial charge on any atom is 0.269 e. The largest absolute Gasteiger partial charge is 0.346 e. The summed E-state index contributed by atoms with van der Waals surface area (Å²) >= 11 is 0. The maximum atomic E-state index is 13.6. The van der Waals surface area contributed by atoms with Crippen molar-refractivity contribution in [1.82, 2.24) is 0 Å². The van der Waals surface area contributed by atoms with Crippen molar-refractivity contribution in [2.75, 3.05) is 19.8 Å². The first-order valence-corrected chi connectivity index (χ1v) is 17.3. The zero-order chi connectivity index (χ0) is 31.0. The molecule has 246 valence electrons. The fourth-order valence-corrected chi connectivity index (χ4v) is 9.22. The second kappa shape index (κ2) is 15.9. The van der Waals surface area contributed by atoms with Crippen LogP contribution in [0.25, 0.3) is 0 Å². The van der Waals surface area contributed by atoms with Gasteiger partial charge in [0.1, 0.15) is 6.61 Å². The third kappa shape index (κ3) is 8.17. The number of fused-ring (bicyclic) bond motifs is 5. The third-order valence-corrected chi connectivity index (χ3v) is 11.4. The van der Waals surface area contributed by atoms with Gasteiger partial charge in [-0.2, -0.15) is 0 Å². The van der Waals surface area contributed by atoms with Crippen LogP contribution in [0.5, 0.6) is 0 Å². The van der Waals surface area contributed by atoms with Crippen LogP contribution in [0.1, 0.15) is 124 Å². The molecule has 0 heterocycles. The molecule has 3 unspecified atom stereocenters. The molecular weight excluding hydrogens is 548 g/mol. The Morgan fingerprint density at radius 3 is 2.26 bits per heavy atom. The SMILES string of the molecule is CCCCCCOC(O)OCC(=O)[C@H]1CC[C@H]2[C@@H]3CCC4=CC(=O)CC[C@]4(C)[C@H]3C(OC(O)OCCCCCC)C[C@]12C. The van der Waals surface area contributed by atoms with Crippen molar-refractivity contribution in [2.24, 2.45) is 34.5 Å². The van der Waals surface area contributed by atoms with Crippen LogP contribution in [0, 0.1) is 34.5 Å². The Labute approximate surface area is 259 Å². The van der Waals surface area contributed by atoms with Crippen molar-refractivity contribution in [3.05, 3.63) is 11.6 Å². The summed E-state index contributed by atoms with van der Waals surface area (Å²) < 4.78 is 23.0. The van der Waals surface area contributed by atoms with E-state index in [2.05, 4.69) is 27.7 Å². The molecule has 3 fully saturated rings. The highest BCUT2D eigenvalue weighted by atomic mass is 16.8. The number of hydrogen-bond donors (Lipinski definition) is 2. The Hall–Kier alpha value is -1.16. The van der Waals surface area contributed by atoms with Gasteiger partial charge in [0.15, 0.2) is 11.6 Å². The summed E-state index contributed by atoms with van der Waals surface area (Å²) in [6.45, 7) is 6.76. The molecule has 43 heavy (non-hydrogen) atoms. The average Bonchev–Trinajstić information content (AvgIpc) is 3.32. The minimum atomic E-state index is -1.40. The number of hydrogen-bond acceptors (Lipinski definition) is 8. The van der Waals surface area contributed by atoms with Crippen LogP contribution in [0.2, 0.25) is 0 Å². The number of ketones is 2. The van der Waals surface area contributed by atoms with Crippen molar-refractivity contribution in [2.45, 2.75) is 143 Å². The van der Waals surface area contributed by atoms with E-state index in [9.17, 15) is 19.8 Å². The van der Waals surface area contributed by atoms with Gasteiger partial charge in [0.2, 0.25) is 0 Å². The van der Waals surface area contributed by atoms with Crippen LogP contribution in [0.3, 0.4) is 0 Å². The zero-order valence-corrected chi connectivity index (χ0v) is 27.2. The van der Waals surface area contributed by atoms with Crippen molar-refractivity contribution in [3.63, 3.8) is 0 Å². The van der Waals surface area contributed by atoms with Crippen LogP contribution < -0.4 is 0 Å². The molecular formula is C35H58O8. The first-order valence-electron chi connectivity index (χ1n) is 17.3. The number of allylic oxidation sites excluding steroid dienone is 1. The zero-order valence-electron chi connectivity index (χ0n) is 27.2. The third-order valence-electron chi connectivity index (χ3n) is 11.4. The number of carbonyl (C=O) groups excluding carboxylic acids is 2. The number of Topliss-reactive ketones (excluding diaryl/α,β-unsaturated/α-hetero) is 1. The fraction of sp³-hybridized carbons (Fsp3) is 0.886. The molecule has 0 aromatic rings. The molecule has 0 aromatic heterocycles.